The van der Waals surface area contributed by atoms with Crippen molar-refractivity contribution >= 4 is 18.3 Å². The molecular formula is C5H15N3O7. The molecule has 10 heteroatoms. The summed E-state index contributed by atoms with van der Waals surface area (Å²) in [5.41, 5.74) is 12.6. The van der Waals surface area contributed by atoms with E-state index in [0.717, 1.165) is 0 Å². The SMILES string of the molecule is CCOC(N)=O.NC(=O)O.NC(=O)O.O. The van der Waals surface area contributed by atoms with Crippen LogP contribution >= 0.6 is 0 Å². The third-order valence-corrected chi connectivity index (χ3v) is 0.287. The molecular weight excluding hydrogens is 214 g/mol. The van der Waals surface area contributed by atoms with Crippen LogP contribution in [0.25, 0.3) is 0 Å². The van der Waals surface area contributed by atoms with Crippen LogP contribution in [0.3, 0.4) is 0 Å². The standard InChI is InChI=1S/C3H7NO2.2CH3NO2.H2O/c1-2-6-3(4)5;2*2-1(3)4;/h2H2,1H3,(H2,4,5);2*2H2,(H,3,4);1H2. The monoisotopic (exact) mass is 229 g/mol. The van der Waals surface area contributed by atoms with Crippen LogP contribution in [0.2, 0.25) is 0 Å². The first-order valence-electron chi connectivity index (χ1n) is 3.13. The summed E-state index contributed by atoms with van der Waals surface area (Å²) in [5.74, 6) is 0. The van der Waals surface area contributed by atoms with Crippen LogP contribution in [0.5, 0.6) is 0 Å². The van der Waals surface area contributed by atoms with Gasteiger partial charge in [0.2, 0.25) is 0 Å². The third kappa shape index (κ3) is 1890. The Labute approximate surface area is 84.9 Å². The average Bonchev–Trinajstić information content (AvgIpc) is 1.82. The van der Waals surface area contributed by atoms with Crippen LogP contribution in [0.4, 0.5) is 14.4 Å². The molecule has 0 aliphatic carbocycles. The number of primary amides is 3. The van der Waals surface area contributed by atoms with Crippen molar-refractivity contribution in [3.05, 3.63) is 0 Å². The molecule has 0 radical (unpaired) electrons. The summed E-state index contributed by atoms with van der Waals surface area (Å²) in [4.78, 5) is 27.2. The molecule has 0 aromatic heterocycles. The highest BCUT2D eigenvalue weighted by molar-refractivity contribution is 5.64. The zero-order valence-corrected chi connectivity index (χ0v) is 7.97. The molecule has 0 saturated carbocycles. The Morgan fingerprint density at radius 2 is 1.27 bits per heavy atom. The van der Waals surface area contributed by atoms with Crippen LogP contribution < -0.4 is 17.2 Å². The Balaban J connectivity index is -0.0000000606. The highest BCUT2D eigenvalue weighted by Gasteiger charge is 1.82. The van der Waals surface area contributed by atoms with E-state index in [1.807, 2.05) is 0 Å². The summed E-state index contributed by atoms with van der Waals surface area (Å²) in [6, 6.07) is 0. The number of hydrogen-bond donors (Lipinski definition) is 5. The molecule has 10 N–H and O–H groups in total. The van der Waals surface area contributed by atoms with Gasteiger partial charge in [-0.1, -0.05) is 0 Å². The Morgan fingerprint density at radius 1 is 1.07 bits per heavy atom. The minimum absolute atomic E-state index is 0. The minimum Gasteiger partial charge on any atom is -0.465 e. The van der Waals surface area contributed by atoms with Gasteiger partial charge in [-0.25, -0.2) is 14.4 Å². The average molecular weight is 229 g/mol. The second-order valence-electron chi connectivity index (χ2n) is 1.43. The maximum atomic E-state index is 9.60. The molecule has 0 aromatic carbocycles. The number of amides is 3. The lowest BCUT2D eigenvalue weighted by Gasteiger charge is -1.89. The van der Waals surface area contributed by atoms with Crippen LogP contribution in [-0.4, -0.2) is 40.6 Å². The van der Waals surface area contributed by atoms with E-state index < -0.39 is 18.3 Å². The number of rotatable bonds is 1. The minimum atomic E-state index is -1.33. The lowest BCUT2D eigenvalue weighted by atomic mass is 10.9. The quantitative estimate of drug-likeness (QED) is 0.361. The van der Waals surface area contributed by atoms with Gasteiger partial charge < -0.3 is 37.6 Å². The van der Waals surface area contributed by atoms with Gasteiger partial charge >= 0.3 is 18.3 Å². The van der Waals surface area contributed by atoms with Crippen molar-refractivity contribution in [3.63, 3.8) is 0 Å². The van der Waals surface area contributed by atoms with Crippen molar-refractivity contribution in [2.24, 2.45) is 17.2 Å². The summed E-state index contributed by atoms with van der Waals surface area (Å²) in [5, 5.41) is 14.4. The van der Waals surface area contributed by atoms with Crippen LogP contribution in [0.1, 0.15) is 6.92 Å². The second kappa shape index (κ2) is 17.8. The first-order valence-corrected chi connectivity index (χ1v) is 3.13. The van der Waals surface area contributed by atoms with Crippen molar-refractivity contribution in [1.82, 2.24) is 0 Å². The van der Waals surface area contributed by atoms with Gasteiger partial charge in [0.25, 0.3) is 0 Å². The zero-order valence-electron chi connectivity index (χ0n) is 7.97. The Morgan fingerprint density at radius 3 is 1.27 bits per heavy atom. The van der Waals surface area contributed by atoms with Gasteiger partial charge in [-0.2, -0.15) is 0 Å². The predicted octanol–water partition coefficient (Wildman–Crippen LogP) is -1.48. The number of ether oxygens (including phenoxy) is 1. The summed E-state index contributed by atoms with van der Waals surface area (Å²) < 4.78 is 4.18. The number of carboxylic acid groups (broad SMARTS) is 2. The molecule has 0 spiro atoms. The molecule has 0 bridgehead atoms. The van der Waals surface area contributed by atoms with E-state index in [0.29, 0.717) is 6.61 Å². The zero-order chi connectivity index (χ0) is 12.1. The van der Waals surface area contributed by atoms with Crippen molar-refractivity contribution in [1.29, 1.82) is 0 Å². The molecule has 3 amide bonds. The van der Waals surface area contributed by atoms with Crippen LogP contribution in [-0.2, 0) is 4.74 Å². The highest BCUT2D eigenvalue weighted by atomic mass is 16.5. The number of carbonyl (C=O) groups is 3. The molecule has 0 rings (SSSR count). The fraction of sp³-hybridized carbons (Fsp3) is 0.400. The van der Waals surface area contributed by atoms with E-state index >= 15 is 0 Å². The molecule has 0 heterocycles. The van der Waals surface area contributed by atoms with Gasteiger partial charge in [-0.05, 0) is 6.92 Å². The van der Waals surface area contributed by atoms with Crippen LogP contribution in [0.15, 0.2) is 0 Å². The third-order valence-electron chi connectivity index (χ3n) is 0.287. The second-order valence-corrected chi connectivity index (χ2v) is 1.43. The molecule has 0 aliphatic rings. The molecule has 0 aromatic rings. The van der Waals surface area contributed by atoms with Crippen molar-refractivity contribution < 1.29 is 34.8 Å². The molecule has 15 heavy (non-hydrogen) atoms. The van der Waals surface area contributed by atoms with Gasteiger partial charge in [0.1, 0.15) is 0 Å². The molecule has 0 unspecified atom stereocenters. The highest BCUT2D eigenvalue weighted by Crippen LogP contribution is 1.66. The Bertz CT molecular complexity index is 163. The molecule has 0 saturated heterocycles. The molecule has 92 valence electrons. The number of hydrogen-bond acceptors (Lipinski definition) is 4. The first-order chi connectivity index (χ1) is 6.23. The van der Waals surface area contributed by atoms with Gasteiger partial charge in [0.05, 0.1) is 6.61 Å². The maximum absolute atomic E-state index is 9.60. The van der Waals surface area contributed by atoms with E-state index in [1.54, 1.807) is 6.92 Å². The van der Waals surface area contributed by atoms with E-state index in [4.69, 9.17) is 19.8 Å². The smallest absolute Gasteiger partial charge is 0.404 e. The Kier molecular flexibility index (Phi) is 27.2. The largest absolute Gasteiger partial charge is 0.465 e. The molecule has 0 atom stereocenters. The van der Waals surface area contributed by atoms with E-state index in [1.165, 1.54) is 0 Å². The van der Waals surface area contributed by atoms with E-state index in [-0.39, 0.29) is 5.48 Å². The van der Waals surface area contributed by atoms with Crippen molar-refractivity contribution in [2.45, 2.75) is 6.92 Å². The van der Waals surface area contributed by atoms with E-state index in [9.17, 15) is 4.79 Å². The lowest BCUT2D eigenvalue weighted by Crippen LogP contribution is -2.11. The fourth-order valence-corrected chi connectivity index (χ4v) is 0.142. The summed E-state index contributed by atoms with van der Waals surface area (Å²) in [7, 11) is 0. The lowest BCUT2D eigenvalue weighted by molar-refractivity contribution is 0.163. The predicted molar refractivity (Wildman–Crippen MR) is 49.2 cm³/mol. The first kappa shape index (κ1) is 23.0. The summed E-state index contributed by atoms with van der Waals surface area (Å²) in [6.07, 6.45) is -3.38. The summed E-state index contributed by atoms with van der Waals surface area (Å²) >= 11 is 0. The number of carbonyl (C=O) groups excluding carboxylic acids is 1. The summed E-state index contributed by atoms with van der Waals surface area (Å²) in [6.45, 7) is 2.06. The molecule has 10 nitrogen and oxygen atoms in total. The normalized spacial score (nSPS) is 6.20. The van der Waals surface area contributed by atoms with Gasteiger partial charge in [0.15, 0.2) is 0 Å². The van der Waals surface area contributed by atoms with Crippen molar-refractivity contribution in [3.8, 4) is 0 Å². The van der Waals surface area contributed by atoms with E-state index in [2.05, 4.69) is 21.9 Å². The van der Waals surface area contributed by atoms with Crippen LogP contribution in [0, 0.1) is 0 Å². The Hall–Kier alpha value is -2.23. The van der Waals surface area contributed by atoms with Gasteiger partial charge in [-0.3, -0.25) is 0 Å². The van der Waals surface area contributed by atoms with Gasteiger partial charge in [-0.15, -0.1) is 0 Å². The fourth-order valence-electron chi connectivity index (χ4n) is 0.142. The maximum Gasteiger partial charge on any atom is 0.404 e. The van der Waals surface area contributed by atoms with Gasteiger partial charge in [0, 0.05) is 0 Å². The van der Waals surface area contributed by atoms with Crippen molar-refractivity contribution in [2.75, 3.05) is 6.61 Å². The topological polar surface area (TPSA) is 210 Å². The molecule has 0 aliphatic heterocycles. The number of nitrogens with two attached hydrogens (primary N) is 3. The molecule has 0 fully saturated rings.